The van der Waals surface area contributed by atoms with Gasteiger partial charge in [0.1, 0.15) is 0 Å². The first-order chi connectivity index (χ1) is 10.2. The van der Waals surface area contributed by atoms with Gasteiger partial charge in [-0.3, -0.25) is 9.59 Å². The maximum absolute atomic E-state index is 11.9. The summed E-state index contributed by atoms with van der Waals surface area (Å²) < 4.78 is 4.55. The zero-order chi connectivity index (χ0) is 15.1. The minimum Gasteiger partial charge on any atom is -0.469 e. The van der Waals surface area contributed by atoms with E-state index < -0.39 is 0 Å². The summed E-state index contributed by atoms with van der Waals surface area (Å²) in [6.45, 7) is 0. The average Bonchev–Trinajstić information content (AvgIpc) is 2.93. The predicted molar refractivity (Wildman–Crippen MR) is 80.7 cm³/mol. The third-order valence-electron chi connectivity index (χ3n) is 4.13. The second-order valence-corrected chi connectivity index (χ2v) is 5.63. The number of hydrogen-bond donors (Lipinski definition) is 1. The van der Waals surface area contributed by atoms with Crippen molar-refractivity contribution in [3.8, 4) is 0 Å². The van der Waals surface area contributed by atoms with Gasteiger partial charge >= 0.3 is 5.97 Å². The molecule has 1 fully saturated rings. The highest BCUT2D eigenvalue weighted by Crippen LogP contribution is 2.28. The number of esters is 1. The lowest BCUT2D eigenvalue weighted by Gasteiger charge is -2.21. The molecule has 1 aromatic rings. The number of amides is 1. The van der Waals surface area contributed by atoms with Crippen molar-refractivity contribution >= 4 is 11.9 Å². The second-order valence-electron chi connectivity index (χ2n) is 5.63. The first-order valence-corrected chi connectivity index (χ1v) is 7.59. The van der Waals surface area contributed by atoms with E-state index in [-0.39, 0.29) is 30.8 Å². The smallest absolute Gasteiger partial charge is 0.306 e. The molecule has 4 heteroatoms. The van der Waals surface area contributed by atoms with Crippen molar-refractivity contribution < 1.29 is 14.3 Å². The third kappa shape index (κ3) is 4.88. The Balaban J connectivity index is 1.81. The van der Waals surface area contributed by atoms with Crippen LogP contribution in [0, 0.1) is 5.92 Å². The van der Waals surface area contributed by atoms with Crippen LogP contribution in [-0.4, -0.2) is 25.0 Å². The van der Waals surface area contributed by atoms with Gasteiger partial charge in [-0.25, -0.2) is 0 Å². The molecule has 4 nitrogen and oxygen atoms in total. The molecule has 0 heterocycles. The molecule has 1 aliphatic carbocycles. The molecular formula is C17H23NO3. The topological polar surface area (TPSA) is 55.4 Å². The molecule has 0 aromatic heterocycles. The van der Waals surface area contributed by atoms with Crippen LogP contribution in [0.2, 0.25) is 0 Å². The molecule has 0 spiro atoms. The van der Waals surface area contributed by atoms with Crippen LogP contribution in [0.4, 0.5) is 0 Å². The number of carbonyl (C=O) groups is 2. The summed E-state index contributed by atoms with van der Waals surface area (Å²) in [6, 6.07) is 10.6. The lowest BCUT2D eigenvalue weighted by Crippen LogP contribution is -2.38. The molecule has 1 aliphatic rings. The molecule has 1 saturated carbocycles. The van der Waals surface area contributed by atoms with Gasteiger partial charge in [-0.05, 0) is 30.7 Å². The van der Waals surface area contributed by atoms with Gasteiger partial charge in [-0.2, -0.15) is 0 Å². The van der Waals surface area contributed by atoms with Crippen molar-refractivity contribution in [1.82, 2.24) is 5.32 Å². The quantitative estimate of drug-likeness (QED) is 0.819. The monoisotopic (exact) mass is 289 g/mol. The van der Waals surface area contributed by atoms with Gasteiger partial charge in [0.15, 0.2) is 0 Å². The van der Waals surface area contributed by atoms with Gasteiger partial charge in [0.05, 0.1) is 13.5 Å². The van der Waals surface area contributed by atoms with E-state index in [1.807, 2.05) is 18.2 Å². The SMILES string of the molecule is COC(=O)CCC(=O)NC1CCCC1Cc1ccccc1. The average molecular weight is 289 g/mol. The van der Waals surface area contributed by atoms with E-state index in [9.17, 15) is 9.59 Å². The molecule has 1 amide bonds. The number of ether oxygens (including phenoxy) is 1. The van der Waals surface area contributed by atoms with Crippen molar-refractivity contribution in [2.24, 2.45) is 5.92 Å². The lowest BCUT2D eigenvalue weighted by atomic mass is 9.94. The normalized spacial score (nSPS) is 21.0. The summed E-state index contributed by atoms with van der Waals surface area (Å²) in [5.74, 6) is 0.109. The summed E-state index contributed by atoms with van der Waals surface area (Å²) in [6.07, 6.45) is 4.69. The van der Waals surface area contributed by atoms with Crippen molar-refractivity contribution in [2.75, 3.05) is 7.11 Å². The maximum Gasteiger partial charge on any atom is 0.306 e. The van der Waals surface area contributed by atoms with E-state index in [1.165, 1.54) is 12.7 Å². The number of hydrogen-bond acceptors (Lipinski definition) is 3. The number of methoxy groups -OCH3 is 1. The van der Waals surface area contributed by atoms with E-state index in [2.05, 4.69) is 22.2 Å². The Kier molecular flexibility index (Phi) is 5.78. The summed E-state index contributed by atoms with van der Waals surface area (Å²) in [5.41, 5.74) is 1.32. The van der Waals surface area contributed by atoms with Crippen molar-refractivity contribution in [2.45, 2.75) is 44.6 Å². The Morgan fingerprint density at radius 3 is 2.67 bits per heavy atom. The Hall–Kier alpha value is -1.84. The molecule has 2 unspecified atom stereocenters. The molecule has 1 aromatic carbocycles. The molecule has 0 aliphatic heterocycles. The Morgan fingerprint density at radius 2 is 1.95 bits per heavy atom. The van der Waals surface area contributed by atoms with E-state index in [0.29, 0.717) is 5.92 Å². The highest BCUT2D eigenvalue weighted by Gasteiger charge is 2.28. The third-order valence-corrected chi connectivity index (χ3v) is 4.13. The number of nitrogens with one attached hydrogen (secondary N) is 1. The van der Waals surface area contributed by atoms with Crippen LogP contribution >= 0.6 is 0 Å². The highest BCUT2D eigenvalue weighted by molar-refractivity contribution is 5.81. The number of benzene rings is 1. The standard InChI is InChI=1S/C17H23NO3/c1-21-17(20)11-10-16(19)18-15-9-5-8-14(15)12-13-6-3-2-4-7-13/h2-4,6-7,14-15H,5,8-12H2,1H3,(H,18,19). The molecule has 0 radical (unpaired) electrons. The largest absolute Gasteiger partial charge is 0.469 e. The number of rotatable bonds is 6. The summed E-state index contributed by atoms with van der Waals surface area (Å²) in [7, 11) is 1.34. The van der Waals surface area contributed by atoms with Gasteiger partial charge in [-0.15, -0.1) is 0 Å². The molecule has 21 heavy (non-hydrogen) atoms. The summed E-state index contributed by atoms with van der Waals surface area (Å²) in [4.78, 5) is 23.0. The lowest BCUT2D eigenvalue weighted by molar-refractivity contribution is -0.142. The maximum atomic E-state index is 11.9. The molecular weight excluding hydrogens is 266 g/mol. The zero-order valence-electron chi connectivity index (χ0n) is 12.5. The van der Waals surface area contributed by atoms with Gasteiger partial charge in [0.25, 0.3) is 0 Å². The van der Waals surface area contributed by atoms with E-state index in [0.717, 1.165) is 25.7 Å². The Labute approximate surface area is 125 Å². The molecule has 1 N–H and O–H groups in total. The molecule has 2 atom stereocenters. The van der Waals surface area contributed by atoms with Gasteiger partial charge in [0.2, 0.25) is 5.91 Å². The van der Waals surface area contributed by atoms with Crippen molar-refractivity contribution in [1.29, 1.82) is 0 Å². The first-order valence-electron chi connectivity index (χ1n) is 7.59. The van der Waals surface area contributed by atoms with Crippen LogP contribution in [-0.2, 0) is 20.7 Å². The van der Waals surface area contributed by atoms with Crippen LogP contribution in [0.1, 0.15) is 37.7 Å². The predicted octanol–water partition coefficient (Wildman–Crippen LogP) is 2.47. The summed E-state index contributed by atoms with van der Waals surface area (Å²) >= 11 is 0. The summed E-state index contributed by atoms with van der Waals surface area (Å²) in [5, 5.41) is 3.08. The fraction of sp³-hybridized carbons (Fsp3) is 0.529. The minimum absolute atomic E-state index is 0.0506. The Morgan fingerprint density at radius 1 is 1.19 bits per heavy atom. The molecule has 0 bridgehead atoms. The molecule has 2 rings (SSSR count). The van der Waals surface area contributed by atoms with Crippen LogP contribution in [0.25, 0.3) is 0 Å². The molecule has 114 valence electrons. The van der Waals surface area contributed by atoms with Gasteiger partial charge in [-0.1, -0.05) is 36.8 Å². The minimum atomic E-state index is -0.336. The zero-order valence-corrected chi connectivity index (χ0v) is 12.5. The van der Waals surface area contributed by atoms with Crippen molar-refractivity contribution in [3.63, 3.8) is 0 Å². The highest BCUT2D eigenvalue weighted by atomic mass is 16.5. The van der Waals surface area contributed by atoms with Crippen LogP contribution in [0.3, 0.4) is 0 Å². The van der Waals surface area contributed by atoms with Crippen molar-refractivity contribution in [3.05, 3.63) is 35.9 Å². The first kappa shape index (κ1) is 15.5. The fourth-order valence-corrected chi connectivity index (χ4v) is 2.98. The Bertz CT molecular complexity index is 472. The van der Waals surface area contributed by atoms with Crippen LogP contribution in [0.5, 0.6) is 0 Å². The van der Waals surface area contributed by atoms with Gasteiger partial charge < -0.3 is 10.1 Å². The number of carbonyl (C=O) groups excluding carboxylic acids is 2. The fourth-order valence-electron chi connectivity index (χ4n) is 2.98. The van der Waals surface area contributed by atoms with Crippen LogP contribution in [0.15, 0.2) is 30.3 Å². The van der Waals surface area contributed by atoms with E-state index in [1.54, 1.807) is 0 Å². The second kappa shape index (κ2) is 7.81. The van der Waals surface area contributed by atoms with E-state index >= 15 is 0 Å². The van der Waals surface area contributed by atoms with Crippen LogP contribution < -0.4 is 5.32 Å². The van der Waals surface area contributed by atoms with Gasteiger partial charge in [0, 0.05) is 12.5 Å². The molecule has 0 saturated heterocycles. The van der Waals surface area contributed by atoms with E-state index in [4.69, 9.17) is 0 Å².